The number of anilines is 1. The molecular weight excluding hydrogens is 368 g/mol. The molecule has 1 aromatic carbocycles. The molecule has 1 aromatic heterocycles. The van der Waals surface area contributed by atoms with Crippen LogP contribution in [0.1, 0.15) is 12.8 Å². The minimum atomic E-state index is -3.20. The number of nitrogens with zero attached hydrogens (tertiary/aromatic N) is 3. The fraction of sp³-hybridized carbons (Fsp3) is 0.429. The zero-order chi connectivity index (χ0) is 15.7. The van der Waals surface area contributed by atoms with Crippen molar-refractivity contribution < 1.29 is 8.42 Å². The Kier molecular flexibility index (Phi) is 4.33. The van der Waals surface area contributed by atoms with E-state index in [2.05, 4.69) is 35.5 Å². The van der Waals surface area contributed by atoms with Gasteiger partial charge in [0.2, 0.25) is 10.0 Å². The Morgan fingerprint density at radius 2 is 2.18 bits per heavy atom. The number of piperidine rings is 1. The number of hydrogen-bond donors (Lipinski definition) is 1. The summed E-state index contributed by atoms with van der Waals surface area (Å²) in [4.78, 5) is 10.8. The number of rotatable bonds is 3. The first-order valence-corrected chi connectivity index (χ1v) is 9.73. The highest BCUT2D eigenvalue weighted by molar-refractivity contribution is 9.10. The van der Waals surface area contributed by atoms with Crippen LogP contribution in [0.15, 0.2) is 29.0 Å². The molecule has 1 saturated heterocycles. The average molecular weight is 385 g/mol. The van der Waals surface area contributed by atoms with Gasteiger partial charge in [0.1, 0.15) is 12.1 Å². The lowest BCUT2D eigenvalue weighted by atomic mass is 10.1. The van der Waals surface area contributed by atoms with E-state index in [9.17, 15) is 8.42 Å². The van der Waals surface area contributed by atoms with Crippen LogP contribution >= 0.6 is 15.9 Å². The molecule has 6 nitrogen and oxygen atoms in total. The quantitative estimate of drug-likeness (QED) is 0.874. The van der Waals surface area contributed by atoms with Gasteiger partial charge in [0, 0.05) is 29.0 Å². The number of aromatic nitrogens is 2. The summed E-state index contributed by atoms with van der Waals surface area (Å²) in [5.74, 6) is 0.853. The van der Waals surface area contributed by atoms with Crippen molar-refractivity contribution >= 4 is 42.7 Å². The van der Waals surface area contributed by atoms with Gasteiger partial charge in [-0.15, -0.1) is 0 Å². The van der Waals surface area contributed by atoms with Gasteiger partial charge < -0.3 is 4.90 Å². The maximum absolute atomic E-state index is 11.4. The normalized spacial score (nSPS) is 19.5. The third kappa shape index (κ3) is 3.56. The third-order valence-corrected chi connectivity index (χ3v) is 4.93. The van der Waals surface area contributed by atoms with Gasteiger partial charge in [0.05, 0.1) is 11.8 Å². The second-order valence-electron chi connectivity index (χ2n) is 5.53. The van der Waals surface area contributed by atoms with Gasteiger partial charge in [-0.05, 0) is 31.0 Å². The standard InChI is InChI=1S/C14H17BrN4O2S/c1-22(20,21)18-11-3-2-6-19(8-11)14-12-7-10(15)4-5-13(12)16-9-17-14/h4-5,7,9,11,18H,2-3,6,8H2,1H3. The molecule has 8 heteroatoms. The second kappa shape index (κ2) is 6.10. The number of nitrogens with one attached hydrogen (secondary N) is 1. The summed E-state index contributed by atoms with van der Waals surface area (Å²) in [6.45, 7) is 1.48. The molecule has 0 radical (unpaired) electrons. The topological polar surface area (TPSA) is 75.2 Å². The molecule has 1 unspecified atom stereocenters. The first kappa shape index (κ1) is 15.6. The molecule has 0 bridgehead atoms. The predicted molar refractivity (Wildman–Crippen MR) is 90.5 cm³/mol. The molecule has 1 fully saturated rings. The van der Waals surface area contributed by atoms with Crippen molar-refractivity contribution in [3.63, 3.8) is 0 Å². The molecule has 22 heavy (non-hydrogen) atoms. The van der Waals surface area contributed by atoms with Gasteiger partial charge in [-0.25, -0.2) is 23.1 Å². The minimum Gasteiger partial charge on any atom is -0.354 e. The Morgan fingerprint density at radius 1 is 1.36 bits per heavy atom. The maximum Gasteiger partial charge on any atom is 0.209 e. The summed E-state index contributed by atoms with van der Waals surface area (Å²) in [5.41, 5.74) is 0.881. The van der Waals surface area contributed by atoms with Crippen molar-refractivity contribution in [2.45, 2.75) is 18.9 Å². The average Bonchev–Trinajstić information content (AvgIpc) is 2.45. The van der Waals surface area contributed by atoms with Crippen molar-refractivity contribution in [1.82, 2.24) is 14.7 Å². The summed E-state index contributed by atoms with van der Waals surface area (Å²) < 4.78 is 26.5. The SMILES string of the molecule is CS(=O)(=O)NC1CCCN(c2ncnc3ccc(Br)cc23)C1. The summed E-state index contributed by atoms with van der Waals surface area (Å²) >= 11 is 3.48. The zero-order valence-electron chi connectivity index (χ0n) is 12.2. The van der Waals surface area contributed by atoms with E-state index < -0.39 is 10.0 Å². The van der Waals surface area contributed by atoms with Crippen LogP contribution in [0.3, 0.4) is 0 Å². The van der Waals surface area contributed by atoms with Gasteiger partial charge >= 0.3 is 0 Å². The fourth-order valence-corrected chi connectivity index (χ4v) is 3.99. The van der Waals surface area contributed by atoms with Crippen molar-refractivity contribution in [1.29, 1.82) is 0 Å². The number of hydrogen-bond acceptors (Lipinski definition) is 5. The van der Waals surface area contributed by atoms with Crippen LogP contribution < -0.4 is 9.62 Å². The maximum atomic E-state index is 11.4. The Bertz CT molecular complexity index is 797. The second-order valence-corrected chi connectivity index (χ2v) is 8.23. The first-order valence-electron chi connectivity index (χ1n) is 7.05. The molecule has 3 rings (SSSR count). The van der Waals surface area contributed by atoms with Gasteiger partial charge in [-0.2, -0.15) is 0 Å². The van der Waals surface area contributed by atoms with Crippen LogP contribution in [0.2, 0.25) is 0 Å². The van der Waals surface area contributed by atoms with Crippen molar-refractivity contribution in [2.75, 3.05) is 24.2 Å². The Morgan fingerprint density at radius 3 is 2.95 bits per heavy atom. The van der Waals surface area contributed by atoms with Crippen LogP contribution in [-0.2, 0) is 10.0 Å². The summed E-state index contributed by atoms with van der Waals surface area (Å²) in [6.07, 6.45) is 4.52. The Balaban J connectivity index is 1.92. The van der Waals surface area contributed by atoms with E-state index in [0.717, 1.165) is 40.6 Å². The van der Waals surface area contributed by atoms with Crippen LogP contribution in [-0.4, -0.2) is 43.8 Å². The lowest BCUT2D eigenvalue weighted by molar-refractivity contribution is 0.466. The molecule has 2 aromatic rings. The van der Waals surface area contributed by atoms with Crippen LogP contribution in [0.25, 0.3) is 10.9 Å². The first-order chi connectivity index (χ1) is 10.4. The largest absolute Gasteiger partial charge is 0.354 e. The van der Waals surface area contributed by atoms with Gasteiger partial charge in [0.25, 0.3) is 0 Å². The van der Waals surface area contributed by atoms with E-state index in [1.54, 1.807) is 6.33 Å². The molecule has 0 amide bonds. The highest BCUT2D eigenvalue weighted by Crippen LogP contribution is 2.28. The number of fused-ring (bicyclic) bond motifs is 1. The van der Waals surface area contributed by atoms with Gasteiger partial charge in [-0.1, -0.05) is 15.9 Å². The number of halogens is 1. The molecule has 2 heterocycles. The van der Waals surface area contributed by atoms with Crippen LogP contribution in [0.4, 0.5) is 5.82 Å². The number of sulfonamides is 1. The van der Waals surface area contributed by atoms with Crippen molar-refractivity contribution in [2.24, 2.45) is 0 Å². The lowest BCUT2D eigenvalue weighted by Gasteiger charge is -2.34. The van der Waals surface area contributed by atoms with Crippen molar-refractivity contribution in [3.05, 3.63) is 29.0 Å². The van der Waals surface area contributed by atoms with E-state index in [1.165, 1.54) is 6.26 Å². The minimum absolute atomic E-state index is 0.0825. The van der Waals surface area contributed by atoms with E-state index >= 15 is 0 Å². The van der Waals surface area contributed by atoms with Crippen LogP contribution in [0.5, 0.6) is 0 Å². The van der Waals surface area contributed by atoms with Crippen LogP contribution in [0, 0.1) is 0 Å². The molecule has 1 N–H and O–H groups in total. The lowest BCUT2D eigenvalue weighted by Crippen LogP contribution is -2.47. The monoisotopic (exact) mass is 384 g/mol. The number of benzene rings is 1. The highest BCUT2D eigenvalue weighted by atomic mass is 79.9. The van der Waals surface area contributed by atoms with E-state index in [0.29, 0.717) is 6.54 Å². The fourth-order valence-electron chi connectivity index (χ4n) is 2.84. The smallest absolute Gasteiger partial charge is 0.209 e. The molecule has 0 spiro atoms. The predicted octanol–water partition coefficient (Wildman–Crippen LogP) is 1.91. The molecule has 1 aliphatic rings. The molecule has 0 saturated carbocycles. The Labute approximate surface area is 138 Å². The third-order valence-electron chi connectivity index (χ3n) is 3.68. The summed E-state index contributed by atoms with van der Waals surface area (Å²) in [5, 5.41) is 0.969. The molecule has 0 aliphatic carbocycles. The Hall–Kier alpha value is -1.25. The zero-order valence-corrected chi connectivity index (χ0v) is 14.6. The summed E-state index contributed by atoms with van der Waals surface area (Å²) in [6, 6.07) is 5.81. The molecular formula is C14H17BrN4O2S. The summed E-state index contributed by atoms with van der Waals surface area (Å²) in [7, 11) is -3.20. The van der Waals surface area contributed by atoms with Gasteiger partial charge in [-0.3, -0.25) is 0 Å². The molecule has 1 atom stereocenters. The highest BCUT2D eigenvalue weighted by Gasteiger charge is 2.24. The van der Waals surface area contributed by atoms with E-state index in [4.69, 9.17) is 0 Å². The van der Waals surface area contributed by atoms with E-state index in [-0.39, 0.29) is 6.04 Å². The van der Waals surface area contributed by atoms with Crippen molar-refractivity contribution in [3.8, 4) is 0 Å². The molecule has 118 valence electrons. The van der Waals surface area contributed by atoms with E-state index in [1.807, 2.05) is 18.2 Å². The van der Waals surface area contributed by atoms with Gasteiger partial charge in [0.15, 0.2) is 0 Å². The molecule has 1 aliphatic heterocycles.